The zero-order chi connectivity index (χ0) is 19.3. The van der Waals surface area contributed by atoms with Crippen LogP contribution in [-0.2, 0) is 9.59 Å². The van der Waals surface area contributed by atoms with E-state index in [0.717, 1.165) is 0 Å². The Kier molecular flexibility index (Phi) is 6.07. The van der Waals surface area contributed by atoms with Gasteiger partial charge in [-0.1, -0.05) is 11.6 Å². The number of carbonyl (C=O) groups is 2. The largest absolute Gasteiger partial charge is 0.455 e. The number of hydrogen-bond donors (Lipinski definition) is 2. The normalized spacial score (nSPS) is 10.9. The summed E-state index contributed by atoms with van der Waals surface area (Å²) in [4.78, 5) is 33.5. The van der Waals surface area contributed by atoms with E-state index in [0.29, 0.717) is 0 Å². The third-order valence-electron chi connectivity index (χ3n) is 3.03. The summed E-state index contributed by atoms with van der Waals surface area (Å²) in [5.74, 6) is -1.27. The van der Waals surface area contributed by atoms with E-state index in [-0.39, 0.29) is 33.8 Å². The maximum Gasteiger partial charge on any atom is 0.329 e. The minimum absolute atomic E-state index is 0.181. The van der Waals surface area contributed by atoms with Gasteiger partial charge in [-0.25, -0.2) is 5.43 Å². The third kappa shape index (κ3) is 4.90. The van der Waals surface area contributed by atoms with Crippen LogP contribution in [0.15, 0.2) is 39.9 Å². The van der Waals surface area contributed by atoms with E-state index < -0.39 is 16.7 Å². The second-order valence-electron chi connectivity index (χ2n) is 5.45. The Morgan fingerprint density at radius 1 is 1.27 bits per heavy atom. The molecule has 1 aromatic carbocycles. The average Bonchev–Trinajstić information content (AvgIpc) is 3.02. The number of nitrogens with one attached hydrogen (secondary N) is 2. The summed E-state index contributed by atoms with van der Waals surface area (Å²) in [5, 5.41) is 17.4. The van der Waals surface area contributed by atoms with E-state index in [1.165, 1.54) is 36.5 Å². The number of rotatable bonds is 5. The van der Waals surface area contributed by atoms with Crippen LogP contribution in [0.3, 0.4) is 0 Å². The summed E-state index contributed by atoms with van der Waals surface area (Å²) < 4.78 is 5.46. The Hall–Kier alpha value is -3.20. The van der Waals surface area contributed by atoms with Crippen LogP contribution >= 0.6 is 11.6 Å². The molecule has 0 aliphatic heterocycles. The number of halogens is 1. The van der Waals surface area contributed by atoms with Crippen LogP contribution < -0.4 is 10.7 Å². The minimum Gasteiger partial charge on any atom is -0.455 e. The fourth-order valence-corrected chi connectivity index (χ4v) is 2.13. The summed E-state index contributed by atoms with van der Waals surface area (Å²) in [7, 11) is 0. The lowest BCUT2D eigenvalue weighted by atomic mass is 10.1. The topological polar surface area (TPSA) is 127 Å². The molecule has 0 atom stereocenters. The highest BCUT2D eigenvalue weighted by molar-refractivity contribution is 6.35. The van der Waals surface area contributed by atoms with Crippen molar-refractivity contribution in [1.82, 2.24) is 10.7 Å². The third-order valence-corrected chi connectivity index (χ3v) is 3.27. The molecule has 2 amide bonds. The van der Waals surface area contributed by atoms with E-state index in [4.69, 9.17) is 16.0 Å². The molecule has 0 fully saturated rings. The molecule has 9 nitrogen and oxygen atoms in total. The van der Waals surface area contributed by atoms with Crippen molar-refractivity contribution in [1.29, 1.82) is 0 Å². The maximum absolute atomic E-state index is 11.5. The van der Waals surface area contributed by atoms with Crippen molar-refractivity contribution in [3.05, 3.63) is 51.2 Å². The summed E-state index contributed by atoms with van der Waals surface area (Å²) in [5.41, 5.74) is 2.10. The lowest BCUT2D eigenvalue weighted by molar-refractivity contribution is -0.384. The number of furan rings is 1. The molecule has 0 spiro atoms. The lowest BCUT2D eigenvalue weighted by Crippen LogP contribution is -2.41. The van der Waals surface area contributed by atoms with E-state index in [1.54, 1.807) is 13.8 Å². The van der Waals surface area contributed by atoms with Crippen molar-refractivity contribution in [3.63, 3.8) is 0 Å². The molecule has 0 aliphatic rings. The van der Waals surface area contributed by atoms with Crippen LogP contribution in [0, 0.1) is 10.1 Å². The Labute approximate surface area is 153 Å². The van der Waals surface area contributed by atoms with Crippen molar-refractivity contribution in [2.24, 2.45) is 5.10 Å². The smallest absolute Gasteiger partial charge is 0.329 e. The van der Waals surface area contributed by atoms with Crippen LogP contribution in [-0.4, -0.2) is 29.0 Å². The van der Waals surface area contributed by atoms with Gasteiger partial charge in [-0.3, -0.25) is 19.7 Å². The van der Waals surface area contributed by atoms with Crippen molar-refractivity contribution in [2.45, 2.75) is 19.9 Å². The molecule has 2 rings (SSSR count). The van der Waals surface area contributed by atoms with Crippen LogP contribution in [0.2, 0.25) is 5.02 Å². The predicted octanol–water partition coefficient (Wildman–Crippen LogP) is 2.48. The van der Waals surface area contributed by atoms with Gasteiger partial charge in [0.25, 0.3) is 5.69 Å². The van der Waals surface area contributed by atoms with Crippen LogP contribution in [0.25, 0.3) is 11.3 Å². The molecular formula is C16H15ClN4O5. The van der Waals surface area contributed by atoms with Crippen molar-refractivity contribution in [3.8, 4) is 11.3 Å². The number of nitrogens with zero attached hydrogens (tertiary/aromatic N) is 2. The summed E-state index contributed by atoms with van der Waals surface area (Å²) in [6, 6.07) is 7.05. The lowest BCUT2D eigenvalue weighted by Gasteiger charge is -2.05. The molecule has 0 aliphatic carbocycles. The highest BCUT2D eigenvalue weighted by atomic mass is 35.5. The monoisotopic (exact) mass is 378 g/mol. The van der Waals surface area contributed by atoms with Gasteiger partial charge < -0.3 is 9.73 Å². The highest BCUT2D eigenvalue weighted by Gasteiger charge is 2.18. The molecular weight excluding hydrogens is 364 g/mol. The molecule has 0 radical (unpaired) electrons. The van der Waals surface area contributed by atoms with E-state index in [1.807, 2.05) is 0 Å². The van der Waals surface area contributed by atoms with E-state index in [9.17, 15) is 19.7 Å². The summed E-state index contributed by atoms with van der Waals surface area (Å²) in [6.07, 6.45) is 1.17. The quantitative estimate of drug-likeness (QED) is 0.357. The first-order valence-corrected chi connectivity index (χ1v) is 7.83. The van der Waals surface area contributed by atoms with Gasteiger partial charge in [0, 0.05) is 17.1 Å². The molecule has 1 aromatic heterocycles. The van der Waals surface area contributed by atoms with Crippen molar-refractivity contribution < 1.29 is 18.9 Å². The van der Waals surface area contributed by atoms with Crippen LogP contribution in [0.4, 0.5) is 5.69 Å². The molecule has 0 bridgehead atoms. The van der Waals surface area contributed by atoms with Gasteiger partial charge in [0.1, 0.15) is 11.5 Å². The van der Waals surface area contributed by atoms with Crippen molar-refractivity contribution >= 4 is 35.3 Å². The SMILES string of the molecule is CC(C)NC(=O)C(=O)N/N=C\c1ccc(-c2ccc(Cl)cc2[N+](=O)[O-])o1. The van der Waals surface area contributed by atoms with Gasteiger partial charge >= 0.3 is 11.8 Å². The van der Waals surface area contributed by atoms with Gasteiger partial charge in [-0.05, 0) is 38.1 Å². The number of hydrazone groups is 1. The van der Waals surface area contributed by atoms with Crippen molar-refractivity contribution in [2.75, 3.05) is 0 Å². The molecule has 0 saturated carbocycles. The minimum atomic E-state index is -0.921. The fourth-order valence-electron chi connectivity index (χ4n) is 1.96. The van der Waals surface area contributed by atoms with Crippen LogP contribution in [0.5, 0.6) is 0 Å². The maximum atomic E-state index is 11.5. The molecule has 26 heavy (non-hydrogen) atoms. The fraction of sp³-hybridized carbons (Fsp3) is 0.188. The standard InChI is InChI=1S/C16H15ClN4O5/c1-9(2)19-15(22)16(23)20-18-8-11-4-6-14(26-11)12-5-3-10(17)7-13(12)21(24)25/h3-9H,1-2H3,(H,19,22)(H,20,23)/b18-8-. The predicted molar refractivity (Wildman–Crippen MR) is 94.8 cm³/mol. The Balaban J connectivity index is 2.10. The Bertz CT molecular complexity index is 875. The molecule has 0 saturated heterocycles. The number of carbonyl (C=O) groups excluding carboxylic acids is 2. The summed E-state index contributed by atoms with van der Waals surface area (Å²) >= 11 is 5.78. The number of nitro groups is 1. The first kappa shape index (κ1) is 19.1. The number of nitro benzene ring substituents is 1. The molecule has 2 N–H and O–H groups in total. The Morgan fingerprint density at radius 2 is 2.00 bits per heavy atom. The second-order valence-corrected chi connectivity index (χ2v) is 5.88. The van der Waals surface area contributed by atoms with E-state index in [2.05, 4.69) is 15.8 Å². The number of benzene rings is 1. The van der Waals surface area contributed by atoms with E-state index >= 15 is 0 Å². The highest BCUT2D eigenvalue weighted by Crippen LogP contribution is 2.33. The van der Waals surface area contributed by atoms with Gasteiger partial charge in [-0.2, -0.15) is 5.10 Å². The molecule has 0 unspecified atom stereocenters. The van der Waals surface area contributed by atoms with Gasteiger partial charge in [0.05, 0.1) is 16.7 Å². The van der Waals surface area contributed by atoms with Gasteiger partial charge in [-0.15, -0.1) is 0 Å². The number of amides is 2. The zero-order valence-electron chi connectivity index (χ0n) is 13.9. The molecule has 2 aromatic rings. The second kappa shape index (κ2) is 8.26. The van der Waals surface area contributed by atoms with Gasteiger partial charge in [0.2, 0.25) is 0 Å². The number of hydrogen-bond acceptors (Lipinski definition) is 6. The first-order valence-electron chi connectivity index (χ1n) is 7.46. The first-order chi connectivity index (χ1) is 12.3. The van der Waals surface area contributed by atoms with Gasteiger partial charge in [0.15, 0.2) is 0 Å². The average molecular weight is 379 g/mol. The van der Waals surface area contributed by atoms with Crippen LogP contribution in [0.1, 0.15) is 19.6 Å². The summed E-state index contributed by atoms with van der Waals surface area (Å²) in [6.45, 7) is 3.43. The molecule has 1 heterocycles. The zero-order valence-corrected chi connectivity index (χ0v) is 14.6. The molecule has 10 heteroatoms. The Morgan fingerprint density at radius 3 is 2.65 bits per heavy atom. The molecule has 136 valence electrons.